The summed E-state index contributed by atoms with van der Waals surface area (Å²) in [6.45, 7) is 4.12. The van der Waals surface area contributed by atoms with Crippen molar-refractivity contribution in [1.82, 2.24) is 5.32 Å². The van der Waals surface area contributed by atoms with Crippen LogP contribution in [0.4, 0.5) is 15.8 Å². The second kappa shape index (κ2) is 5.40. The van der Waals surface area contributed by atoms with Gasteiger partial charge in [0.05, 0.1) is 29.8 Å². The van der Waals surface area contributed by atoms with E-state index >= 15 is 0 Å². The number of nitrogens with zero attached hydrogens (tertiary/aromatic N) is 2. The van der Waals surface area contributed by atoms with Crippen molar-refractivity contribution < 1.29 is 14.1 Å². The van der Waals surface area contributed by atoms with Gasteiger partial charge in [-0.3, -0.25) is 10.1 Å². The highest BCUT2D eigenvalue weighted by molar-refractivity contribution is 5.61. The minimum atomic E-state index is -0.646. The molecular weight excluding hydrogens is 253 g/mol. The molecule has 0 aliphatic carbocycles. The maximum atomic E-state index is 14.1. The number of benzene rings is 1. The molecule has 0 radical (unpaired) electrons. The number of methoxy groups -OCH3 is 1. The maximum Gasteiger partial charge on any atom is 0.313 e. The fourth-order valence-corrected chi connectivity index (χ4v) is 2.18. The lowest BCUT2D eigenvalue weighted by molar-refractivity contribution is -0.385. The van der Waals surface area contributed by atoms with Crippen molar-refractivity contribution >= 4 is 11.4 Å². The Hall–Kier alpha value is -1.89. The van der Waals surface area contributed by atoms with E-state index in [1.165, 1.54) is 13.2 Å². The second-order valence-corrected chi connectivity index (χ2v) is 4.33. The summed E-state index contributed by atoms with van der Waals surface area (Å²) in [4.78, 5) is 12.1. The summed E-state index contributed by atoms with van der Waals surface area (Å²) >= 11 is 0. The fraction of sp³-hybridized carbons (Fsp3) is 0.500. The van der Waals surface area contributed by atoms with Crippen LogP contribution in [0, 0.1) is 15.9 Å². The Morgan fingerprint density at radius 1 is 1.58 bits per heavy atom. The predicted octanol–water partition coefficient (Wildman–Crippen LogP) is 1.54. The number of hydrogen-bond acceptors (Lipinski definition) is 5. The van der Waals surface area contributed by atoms with E-state index < -0.39 is 10.7 Å². The third kappa shape index (κ3) is 2.46. The highest BCUT2D eigenvalue weighted by atomic mass is 19.1. The van der Waals surface area contributed by atoms with Gasteiger partial charge in [0.1, 0.15) is 0 Å². The summed E-state index contributed by atoms with van der Waals surface area (Å²) < 4.78 is 19.0. The van der Waals surface area contributed by atoms with Gasteiger partial charge in [0.2, 0.25) is 0 Å². The van der Waals surface area contributed by atoms with Gasteiger partial charge in [-0.15, -0.1) is 0 Å². The molecule has 1 heterocycles. The van der Waals surface area contributed by atoms with Crippen LogP contribution in [-0.2, 0) is 0 Å². The van der Waals surface area contributed by atoms with Gasteiger partial charge in [0.25, 0.3) is 0 Å². The van der Waals surface area contributed by atoms with E-state index in [4.69, 9.17) is 4.74 Å². The van der Waals surface area contributed by atoms with Crippen molar-refractivity contribution in [3.8, 4) is 5.75 Å². The Morgan fingerprint density at radius 2 is 2.26 bits per heavy atom. The first-order valence-corrected chi connectivity index (χ1v) is 6.07. The van der Waals surface area contributed by atoms with Crippen LogP contribution in [0.15, 0.2) is 12.1 Å². The average Bonchev–Trinajstić information content (AvgIpc) is 2.33. The first-order chi connectivity index (χ1) is 9.08. The summed E-state index contributed by atoms with van der Waals surface area (Å²) in [5.41, 5.74) is -0.0111. The van der Waals surface area contributed by atoms with Gasteiger partial charge in [0.15, 0.2) is 11.6 Å². The zero-order valence-corrected chi connectivity index (χ0v) is 10.9. The molecule has 0 unspecified atom stereocenters. The van der Waals surface area contributed by atoms with E-state index in [0.29, 0.717) is 12.2 Å². The SMILES string of the molecule is CCN(c1cc(OC)c([N+](=O)[O-])cc1F)C1CNC1. The van der Waals surface area contributed by atoms with Crippen LogP contribution in [0.2, 0.25) is 0 Å². The van der Waals surface area contributed by atoms with Gasteiger partial charge in [-0.05, 0) is 6.92 Å². The van der Waals surface area contributed by atoms with E-state index in [0.717, 1.165) is 19.2 Å². The summed E-state index contributed by atoms with van der Waals surface area (Å²) in [6.07, 6.45) is 0. The summed E-state index contributed by atoms with van der Waals surface area (Å²) in [5.74, 6) is -0.520. The molecule has 1 aliphatic heterocycles. The van der Waals surface area contributed by atoms with Gasteiger partial charge in [-0.1, -0.05) is 0 Å². The lowest BCUT2D eigenvalue weighted by atomic mass is 10.1. The quantitative estimate of drug-likeness (QED) is 0.648. The zero-order valence-electron chi connectivity index (χ0n) is 10.9. The molecule has 1 fully saturated rings. The molecule has 0 amide bonds. The smallest absolute Gasteiger partial charge is 0.313 e. The maximum absolute atomic E-state index is 14.1. The molecule has 1 aliphatic rings. The van der Waals surface area contributed by atoms with Crippen molar-refractivity contribution in [3.63, 3.8) is 0 Å². The van der Waals surface area contributed by atoms with Crippen LogP contribution in [0.3, 0.4) is 0 Å². The number of nitro groups is 1. The molecule has 1 aromatic rings. The zero-order chi connectivity index (χ0) is 14.0. The van der Waals surface area contributed by atoms with Gasteiger partial charge in [-0.2, -0.15) is 0 Å². The van der Waals surface area contributed by atoms with Gasteiger partial charge < -0.3 is 15.0 Å². The number of hydrogen-bond donors (Lipinski definition) is 1. The molecule has 0 aromatic heterocycles. The van der Waals surface area contributed by atoms with E-state index in [1.54, 1.807) is 0 Å². The monoisotopic (exact) mass is 269 g/mol. The summed E-state index contributed by atoms with van der Waals surface area (Å²) in [5, 5.41) is 13.9. The first kappa shape index (κ1) is 13.5. The molecule has 0 atom stereocenters. The highest BCUT2D eigenvalue weighted by Crippen LogP contribution is 2.35. The van der Waals surface area contributed by atoms with Crippen molar-refractivity contribution in [3.05, 3.63) is 28.1 Å². The summed E-state index contributed by atoms with van der Waals surface area (Å²) in [6, 6.07) is 2.53. The minimum Gasteiger partial charge on any atom is -0.490 e. The van der Waals surface area contributed by atoms with Crippen LogP contribution in [0.1, 0.15) is 6.92 Å². The number of nitro benzene ring substituents is 1. The third-order valence-electron chi connectivity index (χ3n) is 3.30. The van der Waals surface area contributed by atoms with Crippen LogP contribution >= 0.6 is 0 Å². The topological polar surface area (TPSA) is 67.6 Å². The predicted molar refractivity (Wildman–Crippen MR) is 69.3 cm³/mol. The largest absolute Gasteiger partial charge is 0.490 e. The Morgan fingerprint density at radius 3 is 2.68 bits per heavy atom. The van der Waals surface area contributed by atoms with E-state index in [2.05, 4.69) is 5.32 Å². The number of halogens is 1. The molecule has 7 heteroatoms. The average molecular weight is 269 g/mol. The van der Waals surface area contributed by atoms with Crippen LogP contribution in [0.5, 0.6) is 5.75 Å². The molecule has 1 aromatic carbocycles. The van der Waals surface area contributed by atoms with Gasteiger partial charge in [0, 0.05) is 25.7 Å². The highest BCUT2D eigenvalue weighted by Gasteiger charge is 2.28. The Labute approximate surface area is 110 Å². The number of likely N-dealkylation sites (N-methyl/N-ethyl adjacent to an activating group) is 1. The van der Waals surface area contributed by atoms with Crippen LogP contribution in [0.25, 0.3) is 0 Å². The number of ether oxygens (including phenoxy) is 1. The van der Waals surface area contributed by atoms with Crippen LogP contribution < -0.4 is 15.0 Å². The standard InChI is InChI=1S/C12H16FN3O3/c1-3-15(8-6-14-7-8)10-5-12(19-2)11(16(17)18)4-9(10)13/h4-5,8,14H,3,6-7H2,1-2H3. The van der Waals surface area contributed by atoms with Crippen LogP contribution in [-0.4, -0.2) is 37.7 Å². The van der Waals surface area contributed by atoms with Crippen molar-refractivity contribution in [2.45, 2.75) is 13.0 Å². The number of nitrogens with one attached hydrogen (secondary N) is 1. The Balaban J connectivity index is 2.42. The normalized spacial score (nSPS) is 14.9. The second-order valence-electron chi connectivity index (χ2n) is 4.33. The number of anilines is 1. The number of rotatable bonds is 5. The molecular formula is C12H16FN3O3. The minimum absolute atomic E-state index is 0.0760. The first-order valence-electron chi connectivity index (χ1n) is 6.07. The van der Waals surface area contributed by atoms with Crippen molar-refractivity contribution in [1.29, 1.82) is 0 Å². The molecule has 0 bridgehead atoms. The van der Waals surface area contributed by atoms with Crippen molar-refractivity contribution in [2.24, 2.45) is 0 Å². The van der Waals surface area contributed by atoms with Gasteiger partial charge >= 0.3 is 5.69 Å². The lowest BCUT2D eigenvalue weighted by Crippen LogP contribution is -2.57. The third-order valence-corrected chi connectivity index (χ3v) is 3.30. The Bertz CT molecular complexity index is 491. The van der Waals surface area contributed by atoms with E-state index in [-0.39, 0.29) is 17.5 Å². The fourth-order valence-electron chi connectivity index (χ4n) is 2.18. The summed E-state index contributed by atoms with van der Waals surface area (Å²) in [7, 11) is 1.34. The molecule has 0 saturated carbocycles. The van der Waals surface area contributed by atoms with E-state index in [9.17, 15) is 14.5 Å². The molecule has 1 saturated heterocycles. The molecule has 104 valence electrons. The molecule has 6 nitrogen and oxygen atoms in total. The molecule has 1 N–H and O–H groups in total. The molecule has 19 heavy (non-hydrogen) atoms. The Kier molecular flexibility index (Phi) is 3.84. The molecule has 0 spiro atoms. The molecule has 2 rings (SSSR count). The van der Waals surface area contributed by atoms with E-state index in [1.807, 2.05) is 11.8 Å². The van der Waals surface area contributed by atoms with Gasteiger partial charge in [-0.25, -0.2) is 4.39 Å². The lowest BCUT2D eigenvalue weighted by Gasteiger charge is -2.39. The van der Waals surface area contributed by atoms with Crippen molar-refractivity contribution in [2.75, 3.05) is 31.6 Å².